The molecule has 21 heavy (non-hydrogen) atoms. The van der Waals surface area contributed by atoms with Crippen molar-refractivity contribution in [2.24, 2.45) is 0 Å². The van der Waals surface area contributed by atoms with Crippen molar-refractivity contribution in [3.8, 4) is 0 Å². The molecule has 0 saturated carbocycles. The first kappa shape index (κ1) is 13.6. The highest BCUT2D eigenvalue weighted by Gasteiger charge is 2.07. The Morgan fingerprint density at radius 2 is 1.81 bits per heavy atom. The maximum absolute atomic E-state index is 12.8. The van der Waals surface area contributed by atoms with E-state index >= 15 is 0 Å². The van der Waals surface area contributed by atoms with Crippen LogP contribution in [0.3, 0.4) is 0 Å². The van der Waals surface area contributed by atoms with E-state index in [0.29, 0.717) is 12.0 Å². The zero-order chi connectivity index (χ0) is 14.7. The van der Waals surface area contributed by atoms with E-state index in [4.69, 9.17) is 0 Å². The van der Waals surface area contributed by atoms with Crippen molar-refractivity contribution in [3.05, 3.63) is 71.7 Å². The van der Waals surface area contributed by atoms with Gasteiger partial charge in [-0.1, -0.05) is 18.2 Å². The normalized spacial score (nSPS) is 10.9. The number of aryl methyl sites for hydroxylation is 1. The van der Waals surface area contributed by atoms with Crippen molar-refractivity contribution in [1.82, 2.24) is 4.98 Å². The molecule has 3 rings (SSSR count). The van der Waals surface area contributed by atoms with Crippen LogP contribution in [0.4, 0.5) is 4.39 Å². The van der Waals surface area contributed by atoms with Crippen LogP contribution in [-0.4, -0.2) is 10.8 Å². The summed E-state index contributed by atoms with van der Waals surface area (Å²) in [5.41, 5.74) is 2.94. The summed E-state index contributed by atoms with van der Waals surface area (Å²) in [4.78, 5) is 15.3. The number of nitrogens with one attached hydrogen (secondary N) is 1. The number of ketones is 1. The van der Waals surface area contributed by atoms with E-state index in [1.54, 1.807) is 12.1 Å². The molecule has 0 bridgehead atoms. The third-order valence-corrected chi connectivity index (χ3v) is 3.69. The molecule has 0 aliphatic rings. The van der Waals surface area contributed by atoms with Gasteiger partial charge in [0.2, 0.25) is 0 Å². The largest absolute Gasteiger partial charge is 0.361 e. The maximum Gasteiger partial charge on any atom is 0.162 e. The smallest absolute Gasteiger partial charge is 0.162 e. The SMILES string of the molecule is O=C(CCCc1c[nH]c2ccccc12)c1ccc(F)cc1. The number of fused-ring (bicyclic) bond motifs is 1. The number of aromatic amines is 1. The molecule has 1 N–H and O–H groups in total. The number of Topliss-reactive ketones (excluding diaryl/α,β-unsaturated/α-hetero) is 1. The minimum atomic E-state index is -0.314. The van der Waals surface area contributed by atoms with Crippen molar-refractivity contribution in [2.75, 3.05) is 0 Å². The van der Waals surface area contributed by atoms with Crippen molar-refractivity contribution in [2.45, 2.75) is 19.3 Å². The van der Waals surface area contributed by atoms with Crippen LogP contribution in [0.5, 0.6) is 0 Å². The highest BCUT2D eigenvalue weighted by Crippen LogP contribution is 2.20. The summed E-state index contributed by atoms with van der Waals surface area (Å²) in [5, 5.41) is 1.21. The molecule has 0 atom stereocenters. The monoisotopic (exact) mass is 281 g/mol. The standard InChI is InChI=1S/C18H16FNO/c19-15-10-8-13(9-11-15)18(21)7-3-4-14-12-20-17-6-2-1-5-16(14)17/h1-2,5-6,8-12,20H,3-4,7H2. The molecule has 0 aliphatic heterocycles. The maximum atomic E-state index is 12.8. The van der Waals surface area contributed by atoms with Crippen LogP contribution >= 0.6 is 0 Å². The number of carbonyl (C=O) groups excluding carboxylic acids is 1. The molecule has 0 unspecified atom stereocenters. The van der Waals surface area contributed by atoms with Gasteiger partial charge in [-0.05, 0) is 48.7 Å². The van der Waals surface area contributed by atoms with Gasteiger partial charge in [-0.15, -0.1) is 0 Å². The Balaban J connectivity index is 1.61. The Kier molecular flexibility index (Phi) is 3.82. The lowest BCUT2D eigenvalue weighted by Crippen LogP contribution is -1.99. The molecule has 0 spiro atoms. The first-order valence-electron chi connectivity index (χ1n) is 7.08. The summed E-state index contributed by atoms with van der Waals surface area (Å²) in [6.45, 7) is 0. The lowest BCUT2D eigenvalue weighted by molar-refractivity contribution is 0.0980. The van der Waals surface area contributed by atoms with Gasteiger partial charge in [-0.3, -0.25) is 4.79 Å². The first-order chi connectivity index (χ1) is 10.2. The Bertz CT molecular complexity index is 758. The van der Waals surface area contributed by atoms with E-state index in [0.717, 1.165) is 18.4 Å². The third-order valence-electron chi connectivity index (χ3n) is 3.69. The zero-order valence-corrected chi connectivity index (χ0v) is 11.6. The fourth-order valence-electron chi connectivity index (χ4n) is 2.56. The van der Waals surface area contributed by atoms with Crippen molar-refractivity contribution in [1.29, 1.82) is 0 Å². The molecule has 0 fully saturated rings. The molecule has 0 aliphatic carbocycles. The van der Waals surface area contributed by atoms with Gasteiger partial charge in [0.25, 0.3) is 0 Å². The predicted octanol–water partition coefficient (Wildman–Crippen LogP) is 4.51. The minimum absolute atomic E-state index is 0.0647. The molecule has 2 aromatic carbocycles. The van der Waals surface area contributed by atoms with Gasteiger partial charge >= 0.3 is 0 Å². The van der Waals surface area contributed by atoms with E-state index in [-0.39, 0.29) is 11.6 Å². The second kappa shape index (κ2) is 5.92. The predicted molar refractivity (Wildman–Crippen MR) is 82.0 cm³/mol. The number of halogens is 1. The summed E-state index contributed by atoms with van der Waals surface area (Å²) < 4.78 is 12.8. The summed E-state index contributed by atoms with van der Waals surface area (Å²) in [5.74, 6) is -0.250. The quantitative estimate of drug-likeness (QED) is 0.686. The van der Waals surface area contributed by atoms with Gasteiger partial charge in [-0.2, -0.15) is 0 Å². The Morgan fingerprint density at radius 3 is 2.62 bits per heavy atom. The van der Waals surface area contributed by atoms with E-state index in [9.17, 15) is 9.18 Å². The fourth-order valence-corrected chi connectivity index (χ4v) is 2.56. The molecule has 106 valence electrons. The summed E-state index contributed by atoms with van der Waals surface area (Å²) in [7, 11) is 0. The molecule has 0 saturated heterocycles. The van der Waals surface area contributed by atoms with Gasteiger partial charge in [0, 0.05) is 29.1 Å². The van der Waals surface area contributed by atoms with Crippen LogP contribution in [0.2, 0.25) is 0 Å². The van der Waals surface area contributed by atoms with Crippen LogP contribution in [-0.2, 0) is 6.42 Å². The molecule has 3 heteroatoms. The number of aromatic nitrogens is 1. The average Bonchev–Trinajstić information content (AvgIpc) is 2.91. The zero-order valence-electron chi connectivity index (χ0n) is 11.6. The van der Waals surface area contributed by atoms with Gasteiger partial charge in [-0.25, -0.2) is 4.39 Å². The molecule has 3 aromatic rings. The molecule has 0 radical (unpaired) electrons. The Morgan fingerprint density at radius 1 is 1.05 bits per heavy atom. The lowest BCUT2D eigenvalue weighted by Gasteiger charge is -2.01. The topological polar surface area (TPSA) is 32.9 Å². The number of benzene rings is 2. The van der Waals surface area contributed by atoms with Crippen LogP contribution in [0.25, 0.3) is 10.9 Å². The van der Waals surface area contributed by atoms with Gasteiger partial charge < -0.3 is 4.98 Å². The molecule has 2 nitrogen and oxygen atoms in total. The highest BCUT2D eigenvalue weighted by atomic mass is 19.1. The number of carbonyl (C=O) groups is 1. The molecule has 1 aromatic heterocycles. The fraction of sp³-hybridized carbons (Fsp3) is 0.167. The number of H-pyrrole nitrogens is 1. The lowest BCUT2D eigenvalue weighted by atomic mass is 10.0. The summed E-state index contributed by atoms with van der Waals surface area (Å²) >= 11 is 0. The Hall–Kier alpha value is -2.42. The second-order valence-corrected chi connectivity index (χ2v) is 5.14. The van der Waals surface area contributed by atoms with Crippen LogP contribution in [0.15, 0.2) is 54.7 Å². The van der Waals surface area contributed by atoms with Crippen LogP contribution in [0.1, 0.15) is 28.8 Å². The highest BCUT2D eigenvalue weighted by molar-refractivity contribution is 5.96. The van der Waals surface area contributed by atoms with Crippen molar-refractivity contribution in [3.63, 3.8) is 0 Å². The minimum Gasteiger partial charge on any atom is -0.361 e. The summed E-state index contributed by atoms with van der Waals surface area (Å²) in [6, 6.07) is 13.9. The number of para-hydroxylation sites is 1. The molecular formula is C18H16FNO. The molecule has 1 heterocycles. The van der Waals surface area contributed by atoms with E-state index in [2.05, 4.69) is 11.1 Å². The Labute approximate surface area is 122 Å². The average molecular weight is 281 g/mol. The van der Waals surface area contributed by atoms with Crippen molar-refractivity contribution < 1.29 is 9.18 Å². The van der Waals surface area contributed by atoms with Crippen LogP contribution < -0.4 is 0 Å². The first-order valence-corrected chi connectivity index (χ1v) is 7.08. The van der Waals surface area contributed by atoms with E-state index < -0.39 is 0 Å². The van der Waals surface area contributed by atoms with Gasteiger partial charge in [0.1, 0.15) is 5.82 Å². The van der Waals surface area contributed by atoms with Crippen LogP contribution in [0, 0.1) is 5.82 Å². The molecular weight excluding hydrogens is 265 g/mol. The third kappa shape index (κ3) is 3.02. The van der Waals surface area contributed by atoms with Gasteiger partial charge in [0.15, 0.2) is 5.78 Å². The van der Waals surface area contributed by atoms with Gasteiger partial charge in [0.05, 0.1) is 0 Å². The number of hydrogen-bond acceptors (Lipinski definition) is 1. The van der Waals surface area contributed by atoms with Crippen molar-refractivity contribution >= 4 is 16.7 Å². The number of rotatable bonds is 5. The van der Waals surface area contributed by atoms with E-state index in [1.807, 2.05) is 24.4 Å². The molecule has 0 amide bonds. The number of hydrogen-bond donors (Lipinski definition) is 1. The summed E-state index contributed by atoms with van der Waals surface area (Å²) in [6.07, 6.45) is 4.13. The second-order valence-electron chi connectivity index (χ2n) is 5.14. The van der Waals surface area contributed by atoms with E-state index in [1.165, 1.54) is 23.1 Å².